The van der Waals surface area contributed by atoms with E-state index in [0.29, 0.717) is 19.4 Å². The van der Waals surface area contributed by atoms with Gasteiger partial charge in [-0.2, -0.15) is 0 Å². The molecule has 0 aliphatic heterocycles. The zero-order valence-electron chi connectivity index (χ0n) is 9.43. The molecule has 1 aromatic rings. The fourth-order valence-electron chi connectivity index (χ4n) is 1.28. The molecule has 0 bridgehead atoms. The first kappa shape index (κ1) is 14.3. The van der Waals surface area contributed by atoms with E-state index in [4.69, 9.17) is 16.7 Å². The van der Waals surface area contributed by atoms with Crippen LogP contribution in [0.15, 0.2) is 12.3 Å². The molecular weight excluding hydrogens is 262 g/mol. The molecule has 1 amide bonds. The predicted octanol–water partition coefficient (Wildman–Crippen LogP) is 1.15. The number of carbonyl (C=O) groups is 1. The lowest BCUT2D eigenvalue weighted by molar-refractivity contribution is -0.385. The van der Waals surface area contributed by atoms with Gasteiger partial charge in [-0.05, 0) is 18.9 Å². The number of aliphatic hydroxyl groups is 1. The summed E-state index contributed by atoms with van der Waals surface area (Å²) in [4.78, 5) is 25.3. The van der Waals surface area contributed by atoms with Crippen LogP contribution in [0.25, 0.3) is 0 Å². The van der Waals surface area contributed by atoms with Gasteiger partial charge in [0.2, 0.25) is 0 Å². The lowest BCUT2D eigenvalue weighted by Crippen LogP contribution is -2.25. The summed E-state index contributed by atoms with van der Waals surface area (Å²) in [6, 6.07) is 1.15. The maximum Gasteiger partial charge on any atom is 0.300 e. The highest BCUT2D eigenvalue weighted by molar-refractivity contribution is 6.29. The van der Waals surface area contributed by atoms with E-state index in [0.717, 1.165) is 12.3 Å². The normalized spacial score (nSPS) is 10.1. The average Bonchev–Trinajstić information content (AvgIpc) is 2.34. The van der Waals surface area contributed by atoms with Crippen LogP contribution in [0.2, 0.25) is 5.15 Å². The number of unbranched alkanes of at least 4 members (excludes halogenated alkanes) is 1. The first-order valence-corrected chi connectivity index (χ1v) is 5.63. The van der Waals surface area contributed by atoms with Crippen molar-refractivity contribution in [1.82, 2.24) is 10.3 Å². The largest absolute Gasteiger partial charge is 0.396 e. The Hall–Kier alpha value is -1.73. The van der Waals surface area contributed by atoms with E-state index >= 15 is 0 Å². The molecule has 0 saturated carbocycles. The van der Waals surface area contributed by atoms with Gasteiger partial charge in [0.05, 0.1) is 4.92 Å². The van der Waals surface area contributed by atoms with Crippen LogP contribution in [-0.4, -0.2) is 34.1 Å². The van der Waals surface area contributed by atoms with Crippen LogP contribution in [0.4, 0.5) is 5.69 Å². The zero-order valence-corrected chi connectivity index (χ0v) is 10.2. The summed E-state index contributed by atoms with van der Waals surface area (Å²) in [6.07, 6.45) is 2.10. The highest BCUT2D eigenvalue weighted by atomic mass is 35.5. The number of hydrogen-bond acceptors (Lipinski definition) is 5. The van der Waals surface area contributed by atoms with Crippen molar-refractivity contribution < 1.29 is 14.8 Å². The summed E-state index contributed by atoms with van der Waals surface area (Å²) in [6.45, 7) is 0.369. The third kappa shape index (κ3) is 3.94. The van der Waals surface area contributed by atoms with Crippen LogP contribution < -0.4 is 5.32 Å². The minimum absolute atomic E-state index is 0.0149. The molecule has 98 valence electrons. The summed E-state index contributed by atoms with van der Waals surface area (Å²) < 4.78 is 0. The van der Waals surface area contributed by atoms with Crippen LogP contribution in [0.5, 0.6) is 0 Å². The van der Waals surface area contributed by atoms with Gasteiger partial charge in [0, 0.05) is 13.2 Å². The maximum absolute atomic E-state index is 11.7. The number of hydrogen-bond donors (Lipinski definition) is 2. The Labute approximate surface area is 108 Å². The van der Waals surface area contributed by atoms with Gasteiger partial charge in [0.25, 0.3) is 11.6 Å². The minimum Gasteiger partial charge on any atom is -0.396 e. The van der Waals surface area contributed by atoms with Crippen molar-refractivity contribution in [2.45, 2.75) is 12.8 Å². The van der Waals surface area contributed by atoms with E-state index in [-0.39, 0.29) is 23.0 Å². The molecule has 0 aromatic carbocycles. The number of nitro groups is 1. The molecule has 8 heteroatoms. The molecule has 1 heterocycles. The number of nitrogens with one attached hydrogen (secondary N) is 1. The molecule has 0 aliphatic carbocycles. The number of aliphatic hydroxyl groups excluding tert-OH is 1. The summed E-state index contributed by atoms with van der Waals surface area (Å²) in [5.74, 6) is -0.580. The van der Waals surface area contributed by atoms with Crippen molar-refractivity contribution in [3.05, 3.63) is 33.1 Å². The molecule has 0 saturated heterocycles. The third-order valence-electron chi connectivity index (χ3n) is 2.16. The minimum atomic E-state index is -0.689. The highest BCUT2D eigenvalue weighted by Gasteiger charge is 2.20. The number of pyridine rings is 1. The van der Waals surface area contributed by atoms with E-state index in [1.165, 1.54) is 0 Å². The van der Waals surface area contributed by atoms with Crippen molar-refractivity contribution >= 4 is 23.2 Å². The van der Waals surface area contributed by atoms with Gasteiger partial charge in [-0.3, -0.25) is 14.9 Å². The SMILES string of the molecule is O=C(NCCCCO)c1cc(Cl)ncc1[N+](=O)[O-]. The second-order valence-corrected chi connectivity index (χ2v) is 3.86. The van der Waals surface area contributed by atoms with Gasteiger partial charge in [-0.1, -0.05) is 11.6 Å². The molecule has 18 heavy (non-hydrogen) atoms. The number of amides is 1. The van der Waals surface area contributed by atoms with Gasteiger partial charge < -0.3 is 10.4 Å². The van der Waals surface area contributed by atoms with Gasteiger partial charge in [-0.25, -0.2) is 4.98 Å². The molecule has 1 rings (SSSR count). The number of rotatable bonds is 6. The van der Waals surface area contributed by atoms with Crippen molar-refractivity contribution in [3.63, 3.8) is 0 Å². The van der Waals surface area contributed by atoms with Crippen LogP contribution >= 0.6 is 11.6 Å². The maximum atomic E-state index is 11.7. The summed E-state index contributed by atoms with van der Waals surface area (Å²) in [5, 5.41) is 21.8. The molecule has 0 unspecified atom stereocenters. The van der Waals surface area contributed by atoms with Gasteiger partial charge in [-0.15, -0.1) is 0 Å². The lowest BCUT2D eigenvalue weighted by Gasteiger charge is -2.05. The number of nitrogens with zero attached hydrogens (tertiary/aromatic N) is 2. The van der Waals surface area contributed by atoms with Crippen LogP contribution in [0.1, 0.15) is 23.2 Å². The fourth-order valence-corrected chi connectivity index (χ4v) is 1.44. The molecular formula is C10H12ClN3O4. The van der Waals surface area contributed by atoms with E-state index in [9.17, 15) is 14.9 Å². The Morgan fingerprint density at radius 3 is 2.89 bits per heavy atom. The second kappa shape index (κ2) is 6.87. The van der Waals surface area contributed by atoms with E-state index in [1.807, 2.05) is 0 Å². The van der Waals surface area contributed by atoms with Crippen LogP contribution in [0.3, 0.4) is 0 Å². The summed E-state index contributed by atoms with van der Waals surface area (Å²) >= 11 is 5.60. The van der Waals surface area contributed by atoms with Gasteiger partial charge in [0.1, 0.15) is 16.9 Å². The van der Waals surface area contributed by atoms with Crippen LogP contribution in [-0.2, 0) is 0 Å². The van der Waals surface area contributed by atoms with Gasteiger partial charge >= 0.3 is 0 Å². The second-order valence-electron chi connectivity index (χ2n) is 3.47. The standard InChI is InChI=1S/C10H12ClN3O4/c11-9-5-7(8(6-13-9)14(17)18)10(16)12-3-1-2-4-15/h5-6,15H,1-4H2,(H,12,16). The molecule has 0 atom stereocenters. The molecule has 0 aliphatic rings. The quantitative estimate of drug-likeness (QED) is 0.350. The average molecular weight is 274 g/mol. The third-order valence-corrected chi connectivity index (χ3v) is 2.37. The van der Waals surface area contributed by atoms with Crippen molar-refractivity contribution in [2.75, 3.05) is 13.2 Å². The van der Waals surface area contributed by atoms with Gasteiger partial charge in [0.15, 0.2) is 0 Å². The van der Waals surface area contributed by atoms with E-state index < -0.39 is 10.8 Å². The lowest BCUT2D eigenvalue weighted by atomic mass is 10.2. The summed E-state index contributed by atoms with van der Waals surface area (Å²) in [7, 11) is 0. The Kier molecular flexibility index (Phi) is 5.47. The zero-order chi connectivity index (χ0) is 13.5. The molecule has 0 spiro atoms. The Morgan fingerprint density at radius 1 is 1.56 bits per heavy atom. The number of carbonyl (C=O) groups excluding carboxylic acids is 1. The number of halogens is 1. The first-order chi connectivity index (χ1) is 8.56. The Morgan fingerprint density at radius 2 is 2.28 bits per heavy atom. The van der Waals surface area contributed by atoms with E-state index in [1.54, 1.807) is 0 Å². The van der Waals surface area contributed by atoms with Crippen LogP contribution in [0, 0.1) is 10.1 Å². The summed E-state index contributed by atoms with van der Waals surface area (Å²) in [5.41, 5.74) is -0.511. The fraction of sp³-hybridized carbons (Fsp3) is 0.400. The Bertz CT molecular complexity index is 453. The van der Waals surface area contributed by atoms with Crippen molar-refractivity contribution in [2.24, 2.45) is 0 Å². The molecule has 1 aromatic heterocycles. The highest BCUT2D eigenvalue weighted by Crippen LogP contribution is 2.20. The van der Waals surface area contributed by atoms with Crippen molar-refractivity contribution in [3.8, 4) is 0 Å². The molecule has 2 N–H and O–H groups in total. The molecule has 0 radical (unpaired) electrons. The Balaban J connectivity index is 2.77. The molecule has 7 nitrogen and oxygen atoms in total. The monoisotopic (exact) mass is 273 g/mol. The number of aromatic nitrogens is 1. The predicted molar refractivity (Wildman–Crippen MR) is 64.6 cm³/mol. The van der Waals surface area contributed by atoms with E-state index in [2.05, 4.69) is 10.3 Å². The van der Waals surface area contributed by atoms with Crippen molar-refractivity contribution in [1.29, 1.82) is 0 Å². The topological polar surface area (TPSA) is 105 Å². The first-order valence-electron chi connectivity index (χ1n) is 5.25. The smallest absolute Gasteiger partial charge is 0.300 e. The molecule has 0 fully saturated rings.